The number of rotatable bonds is 12. The summed E-state index contributed by atoms with van der Waals surface area (Å²) in [7, 11) is -2.59. The monoisotopic (exact) mass is 341 g/mol. The molecule has 0 heterocycles. The van der Waals surface area contributed by atoms with Gasteiger partial charge in [-0.3, -0.25) is 0 Å². The van der Waals surface area contributed by atoms with Crippen molar-refractivity contribution in [2.75, 3.05) is 26.8 Å². The van der Waals surface area contributed by atoms with Crippen molar-refractivity contribution in [1.29, 1.82) is 0 Å². The summed E-state index contributed by atoms with van der Waals surface area (Å²) in [4.78, 5) is 22.0. The Bertz CT molecular complexity index is 305. The Balaban J connectivity index is 3.50. The Labute approximate surface area is 130 Å². The topological polar surface area (TPSA) is 107 Å². The van der Waals surface area contributed by atoms with Crippen molar-refractivity contribution in [3.05, 3.63) is 0 Å². The van der Waals surface area contributed by atoms with Gasteiger partial charge in [0.1, 0.15) is 0 Å². The molecule has 0 unspecified atom stereocenters. The van der Waals surface area contributed by atoms with Crippen molar-refractivity contribution >= 4 is 20.6 Å². The van der Waals surface area contributed by atoms with Gasteiger partial charge >= 0.3 is 20.6 Å². The van der Waals surface area contributed by atoms with E-state index in [2.05, 4.69) is 28.0 Å². The highest BCUT2D eigenvalue weighted by atomic mass is 31.1. The van der Waals surface area contributed by atoms with Crippen LogP contribution in [0.4, 0.5) is 9.59 Å². The second-order valence-corrected chi connectivity index (χ2v) is 4.87. The maximum absolute atomic E-state index is 11.2. The maximum atomic E-state index is 11.2. The fourth-order valence-electron chi connectivity index (χ4n) is 0.955. The van der Waals surface area contributed by atoms with Gasteiger partial charge in [-0.25, -0.2) is 9.59 Å². The van der Waals surface area contributed by atoms with Crippen LogP contribution in [0.15, 0.2) is 0 Å². The molecule has 128 valence electrons. The minimum Gasteiger partial charge on any atom is -0.434 e. The third kappa shape index (κ3) is 13.5. The summed E-state index contributed by atoms with van der Waals surface area (Å²) in [6.07, 6.45) is 1.35. The molecule has 0 aliphatic rings. The minimum absolute atomic E-state index is 0.242. The maximum Gasteiger partial charge on any atom is 0.704 e. The van der Waals surface area contributed by atoms with Crippen molar-refractivity contribution in [2.45, 2.75) is 39.5 Å². The van der Waals surface area contributed by atoms with Crippen molar-refractivity contribution < 1.29 is 42.1 Å². The second-order valence-electron chi connectivity index (χ2n) is 3.91. The average molecular weight is 341 g/mol. The van der Waals surface area contributed by atoms with Crippen LogP contribution < -0.4 is 0 Å². The number of carbonyl (C=O) groups excluding carboxylic acids is 2. The smallest absolute Gasteiger partial charge is 0.434 e. The largest absolute Gasteiger partial charge is 0.704 e. The summed E-state index contributed by atoms with van der Waals surface area (Å²) in [6.45, 7) is 3.18. The molecule has 0 N–H and O–H groups in total. The molecule has 0 atom stereocenters. The molecule has 0 saturated carbocycles. The molecule has 0 fully saturated rings. The van der Waals surface area contributed by atoms with Crippen LogP contribution in [0.2, 0.25) is 0 Å². The van der Waals surface area contributed by atoms with Crippen molar-refractivity contribution in [3.63, 3.8) is 0 Å². The van der Waals surface area contributed by atoms with Crippen molar-refractivity contribution in [2.24, 2.45) is 0 Å². The lowest BCUT2D eigenvalue weighted by molar-refractivity contribution is -0.0162. The first-order valence-electron chi connectivity index (χ1n) is 6.92. The van der Waals surface area contributed by atoms with E-state index in [4.69, 9.17) is 0 Å². The minimum atomic E-state index is -2.59. The van der Waals surface area contributed by atoms with Gasteiger partial charge in [-0.15, -0.1) is 0 Å². The number of hydrogen-bond donors (Lipinski definition) is 0. The third-order valence-corrected chi connectivity index (χ3v) is 2.74. The van der Waals surface area contributed by atoms with Crippen LogP contribution in [0.3, 0.4) is 0 Å². The van der Waals surface area contributed by atoms with E-state index >= 15 is 0 Å². The van der Waals surface area contributed by atoms with E-state index in [0.717, 1.165) is 25.7 Å². The molecule has 0 aliphatic carbocycles. The summed E-state index contributed by atoms with van der Waals surface area (Å²) in [5, 5.41) is 0. The zero-order chi connectivity index (χ0) is 16.6. The van der Waals surface area contributed by atoms with Gasteiger partial charge in [0.05, 0.1) is 13.2 Å². The van der Waals surface area contributed by atoms with Gasteiger partial charge in [0.25, 0.3) is 13.6 Å². The molecular weight excluding hydrogens is 319 g/mol. The lowest BCUT2D eigenvalue weighted by atomic mass is 10.4. The van der Waals surface area contributed by atoms with Crippen LogP contribution in [0, 0.1) is 0 Å². The number of ether oxygens (including phenoxy) is 4. The highest BCUT2D eigenvalue weighted by molar-refractivity contribution is 7.33. The Morgan fingerprint density at radius 1 is 0.773 bits per heavy atom. The first-order chi connectivity index (χ1) is 10.6. The molecule has 10 heteroatoms. The summed E-state index contributed by atoms with van der Waals surface area (Å²) < 4.78 is 38.5. The van der Waals surface area contributed by atoms with Crippen LogP contribution in [-0.4, -0.2) is 39.1 Å². The molecule has 22 heavy (non-hydrogen) atoms. The SMILES string of the molecule is CCCCOC(=O)OCO[P+](=O)OCOC(=O)OCCCC. The lowest BCUT2D eigenvalue weighted by Gasteiger charge is -2.02. The molecule has 9 nitrogen and oxygen atoms in total. The summed E-state index contributed by atoms with van der Waals surface area (Å²) >= 11 is 0. The molecule has 0 spiro atoms. The fourth-order valence-corrected chi connectivity index (χ4v) is 1.31. The normalized spacial score (nSPS) is 9.91. The van der Waals surface area contributed by atoms with E-state index in [0.29, 0.717) is 0 Å². The molecule has 0 amide bonds. The van der Waals surface area contributed by atoms with Crippen LogP contribution in [0.1, 0.15) is 39.5 Å². The van der Waals surface area contributed by atoms with Gasteiger partial charge in [0.2, 0.25) is 0 Å². The molecular formula is C12H22O9P+. The van der Waals surface area contributed by atoms with Crippen molar-refractivity contribution in [3.8, 4) is 0 Å². The summed E-state index contributed by atoms with van der Waals surface area (Å²) in [6, 6.07) is 0. The third-order valence-electron chi connectivity index (χ3n) is 2.11. The molecule has 0 rings (SSSR count). The van der Waals surface area contributed by atoms with Crippen molar-refractivity contribution in [1.82, 2.24) is 0 Å². The van der Waals surface area contributed by atoms with E-state index in [1.807, 2.05) is 13.8 Å². The quantitative estimate of drug-likeness (QED) is 0.228. The molecule has 0 saturated heterocycles. The number of carbonyl (C=O) groups is 2. The predicted molar refractivity (Wildman–Crippen MR) is 74.2 cm³/mol. The molecule has 0 aliphatic heterocycles. The van der Waals surface area contributed by atoms with Crippen LogP contribution in [-0.2, 0) is 32.6 Å². The molecule has 0 aromatic carbocycles. The van der Waals surface area contributed by atoms with Gasteiger partial charge < -0.3 is 18.9 Å². The number of hydrogen-bond acceptors (Lipinski definition) is 9. The molecule has 0 aromatic heterocycles. The van der Waals surface area contributed by atoms with Crippen LogP contribution in [0.5, 0.6) is 0 Å². The summed E-state index contributed by atoms with van der Waals surface area (Å²) in [5.74, 6) is 0. The van der Waals surface area contributed by atoms with Gasteiger partial charge in [-0.05, 0) is 12.8 Å². The molecule has 0 radical (unpaired) electrons. The van der Waals surface area contributed by atoms with Gasteiger partial charge in [0, 0.05) is 4.57 Å². The van der Waals surface area contributed by atoms with Gasteiger partial charge in [0.15, 0.2) is 0 Å². The fraction of sp³-hybridized carbons (Fsp3) is 0.833. The standard InChI is InChI=1S/C12H22O9P/c1-3-5-7-16-11(13)18-9-20-22(15)21-10-19-12(14)17-8-6-4-2/h3-10H2,1-2H3/q+1. The van der Waals surface area contributed by atoms with Crippen LogP contribution >= 0.6 is 8.25 Å². The Morgan fingerprint density at radius 2 is 1.18 bits per heavy atom. The highest BCUT2D eigenvalue weighted by Crippen LogP contribution is 2.23. The Morgan fingerprint density at radius 3 is 1.55 bits per heavy atom. The number of unbranched alkanes of at least 4 members (excludes halogenated alkanes) is 2. The first kappa shape index (κ1) is 20.6. The second kappa shape index (κ2) is 14.5. The molecule has 0 bridgehead atoms. The van der Waals surface area contributed by atoms with Gasteiger partial charge in [-0.1, -0.05) is 35.7 Å². The van der Waals surface area contributed by atoms with Gasteiger partial charge in [-0.2, -0.15) is 0 Å². The average Bonchev–Trinajstić information content (AvgIpc) is 2.48. The van der Waals surface area contributed by atoms with E-state index in [-0.39, 0.29) is 13.2 Å². The molecule has 0 aromatic rings. The lowest BCUT2D eigenvalue weighted by Crippen LogP contribution is -2.11. The van der Waals surface area contributed by atoms with E-state index < -0.39 is 34.2 Å². The van der Waals surface area contributed by atoms with E-state index in [1.54, 1.807) is 0 Å². The van der Waals surface area contributed by atoms with E-state index in [1.165, 1.54) is 0 Å². The Hall–Kier alpha value is -1.44. The van der Waals surface area contributed by atoms with Crippen LogP contribution in [0.25, 0.3) is 0 Å². The highest BCUT2D eigenvalue weighted by Gasteiger charge is 2.23. The first-order valence-corrected chi connectivity index (χ1v) is 8.01. The zero-order valence-corrected chi connectivity index (χ0v) is 13.7. The predicted octanol–water partition coefficient (Wildman–Crippen LogP) is 3.50. The summed E-state index contributed by atoms with van der Waals surface area (Å²) in [5.41, 5.74) is 0. The van der Waals surface area contributed by atoms with E-state index in [9.17, 15) is 14.2 Å². The zero-order valence-electron chi connectivity index (χ0n) is 12.8. The Kier molecular flexibility index (Phi) is 13.5.